The first-order valence-corrected chi connectivity index (χ1v) is 7.96. The fraction of sp³-hybridized carbons (Fsp3) is 0.375. The summed E-state index contributed by atoms with van der Waals surface area (Å²) < 4.78 is 0. The van der Waals surface area contributed by atoms with E-state index in [1.165, 1.54) is 15.3 Å². The van der Waals surface area contributed by atoms with Gasteiger partial charge in [0.2, 0.25) is 0 Å². The van der Waals surface area contributed by atoms with E-state index in [2.05, 4.69) is 42.5 Å². The summed E-state index contributed by atoms with van der Waals surface area (Å²) >= 11 is 1.72. The molecule has 4 nitrogen and oxygen atoms in total. The van der Waals surface area contributed by atoms with Crippen LogP contribution in [0.5, 0.6) is 0 Å². The molecule has 0 aliphatic carbocycles. The van der Waals surface area contributed by atoms with Crippen LogP contribution in [0.2, 0.25) is 0 Å². The molecule has 5 heteroatoms. The molecule has 0 radical (unpaired) electrons. The van der Waals surface area contributed by atoms with Crippen molar-refractivity contribution >= 4 is 23.1 Å². The molecular weight excluding hydrogens is 282 g/mol. The average molecular weight is 303 g/mol. The molecule has 0 bridgehead atoms. The molecule has 0 spiro atoms. The minimum absolute atomic E-state index is 0.0922. The van der Waals surface area contributed by atoms with Crippen LogP contribution in [0, 0.1) is 13.8 Å². The molecule has 0 saturated carbocycles. The summed E-state index contributed by atoms with van der Waals surface area (Å²) in [5.41, 5.74) is 1.87. The molecule has 2 rings (SSSR count). The van der Waals surface area contributed by atoms with Crippen LogP contribution in [0.25, 0.3) is 0 Å². The number of nitrogens with one attached hydrogen (secondary N) is 2. The van der Waals surface area contributed by atoms with Crippen LogP contribution in [0.3, 0.4) is 0 Å². The number of aryl methyl sites for hydroxylation is 2. The van der Waals surface area contributed by atoms with Crippen molar-refractivity contribution in [3.63, 3.8) is 0 Å². The molecular formula is C16H21N3OS. The zero-order chi connectivity index (χ0) is 15.2. The number of rotatable bonds is 6. The van der Waals surface area contributed by atoms with Crippen molar-refractivity contribution < 1.29 is 4.79 Å². The molecule has 2 N–H and O–H groups in total. The Morgan fingerprint density at radius 3 is 2.86 bits per heavy atom. The predicted molar refractivity (Wildman–Crippen MR) is 88.0 cm³/mol. The zero-order valence-electron chi connectivity index (χ0n) is 12.7. The van der Waals surface area contributed by atoms with Gasteiger partial charge in [-0.2, -0.15) is 0 Å². The van der Waals surface area contributed by atoms with Gasteiger partial charge in [-0.25, -0.2) is 4.98 Å². The molecule has 0 aliphatic rings. The number of thiophene rings is 1. The van der Waals surface area contributed by atoms with Gasteiger partial charge in [0, 0.05) is 22.5 Å². The maximum atomic E-state index is 12.3. The van der Waals surface area contributed by atoms with E-state index < -0.39 is 0 Å². The lowest BCUT2D eigenvalue weighted by molar-refractivity contribution is 0.0952. The second-order valence-corrected chi connectivity index (χ2v) is 6.30. The second-order valence-electron chi connectivity index (χ2n) is 4.96. The van der Waals surface area contributed by atoms with Gasteiger partial charge < -0.3 is 10.6 Å². The Balaban J connectivity index is 2.03. The molecule has 112 valence electrons. The van der Waals surface area contributed by atoms with E-state index in [1.807, 2.05) is 0 Å². The van der Waals surface area contributed by atoms with Crippen LogP contribution in [-0.2, 0) is 6.54 Å². The Hall–Kier alpha value is -1.88. The quantitative estimate of drug-likeness (QED) is 0.858. The average Bonchev–Trinajstić information content (AvgIpc) is 2.81. The zero-order valence-corrected chi connectivity index (χ0v) is 13.5. The Morgan fingerprint density at radius 2 is 2.19 bits per heavy atom. The van der Waals surface area contributed by atoms with Crippen molar-refractivity contribution in [1.82, 2.24) is 10.3 Å². The predicted octanol–water partition coefficient (Wildman–Crippen LogP) is 3.51. The summed E-state index contributed by atoms with van der Waals surface area (Å²) in [7, 11) is 0. The third kappa shape index (κ3) is 4.04. The Morgan fingerprint density at radius 1 is 1.38 bits per heavy atom. The van der Waals surface area contributed by atoms with E-state index >= 15 is 0 Å². The third-order valence-corrected chi connectivity index (χ3v) is 4.39. The van der Waals surface area contributed by atoms with Crippen molar-refractivity contribution in [3.05, 3.63) is 45.3 Å². The summed E-state index contributed by atoms with van der Waals surface area (Å²) in [6.45, 7) is 7.63. The number of hydrogen-bond acceptors (Lipinski definition) is 4. The molecule has 0 aliphatic heterocycles. The molecule has 21 heavy (non-hydrogen) atoms. The smallest absolute Gasteiger partial charge is 0.255 e. The molecule has 0 aromatic carbocycles. The van der Waals surface area contributed by atoms with Crippen LogP contribution in [-0.4, -0.2) is 17.4 Å². The molecule has 2 heterocycles. The first-order chi connectivity index (χ1) is 10.1. The highest BCUT2D eigenvalue weighted by Gasteiger charge is 2.12. The number of pyridine rings is 1. The molecule has 0 atom stereocenters. The third-order valence-electron chi connectivity index (χ3n) is 3.23. The first kappa shape index (κ1) is 15.5. The lowest BCUT2D eigenvalue weighted by Crippen LogP contribution is -2.24. The van der Waals surface area contributed by atoms with Gasteiger partial charge in [0.15, 0.2) is 0 Å². The van der Waals surface area contributed by atoms with Gasteiger partial charge in [-0.05, 0) is 44.0 Å². The number of anilines is 1. The van der Waals surface area contributed by atoms with Crippen LogP contribution in [0.4, 0.5) is 5.82 Å². The van der Waals surface area contributed by atoms with Crippen molar-refractivity contribution in [3.8, 4) is 0 Å². The summed E-state index contributed by atoms with van der Waals surface area (Å²) in [5.74, 6) is 0.556. The van der Waals surface area contributed by atoms with Crippen molar-refractivity contribution in [2.45, 2.75) is 33.7 Å². The highest BCUT2D eigenvalue weighted by atomic mass is 32.1. The van der Waals surface area contributed by atoms with E-state index in [-0.39, 0.29) is 5.91 Å². The lowest BCUT2D eigenvalue weighted by Gasteiger charge is -2.10. The normalized spacial score (nSPS) is 10.4. The van der Waals surface area contributed by atoms with Crippen molar-refractivity contribution in [1.29, 1.82) is 0 Å². The van der Waals surface area contributed by atoms with Gasteiger partial charge >= 0.3 is 0 Å². The number of amides is 1. The van der Waals surface area contributed by atoms with Gasteiger partial charge in [-0.1, -0.05) is 6.92 Å². The maximum absolute atomic E-state index is 12.3. The number of hydrogen-bond donors (Lipinski definition) is 2. The minimum atomic E-state index is -0.0922. The number of aromatic nitrogens is 1. The molecule has 0 fully saturated rings. The van der Waals surface area contributed by atoms with Gasteiger partial charge in [-0.15, -0.1) is 11.3 Å². The number of nitrogens with zero attached hydrogens (tertiary/aromatic N) is 1. The largest absolute Gasteiger partial charge is 0.369 e. The summed E-state index contributed by atoms with van der Waals surface area (Å²) in [4.78, 5) is 19.0. The van der Waals surface area contributed by atoms with E-state index in [9.17, 15) is 4.79 Å². The SMILES string of the molecule is CCCNc1ncccc1C(=O)NCc1cc(C)c(C)s1. The van der Waals surface area contributed by atoms with E-state index in [4.69, 9.17) is 0 Å². The molecule has 2 aromatic rings. The minimum Gasteiger partial charge on any atom is -0.369 e. The Labute approximate surface area is 129 Å². The highest BCUT2D eigenvalue weighted by molar-refractivity contribution is 7.12. The highest BCUT2D eigenvalue weighted by Crippen LogP contribution is 2.20. The molecule has 0 unspecified atom stereocenters. The standard InChI is InChI=1S/C16H21N3OS/c1-4-7-17-15-14(6-5-8-18-15)16(20)19-10-13-9-11(2)12(3)21-13/h5-6,8-9H,4,7,10H2,1-3H3,(H,17,18)(H,19,20). The molecule has 1 amide bonds. The number of carbonyl (C=O) groups excluding carboxylic acids is 1. The first-order valence-electron chi connectivity index (χ1n) is 7.14. The monoisotopic (exact) mass is 303 g/mol. The summed E-state index contributed by atoms with van der Waals surface area (Å²) in [6.07, 6.45) is 2.69. The fourth-order valence-electron chi connectivity index (χ4n) is 1.97. The Bertz CT molecular complexity index is 602. The van der Waals surface area contributed by atoms with Crippen molar-refractivity contribution in [2.75, 3.05) is 11.9 Å². The van der Waals surface area contributed by atoms with Crippen molar-refractivity contribution in [2.24, 2.45) is 0 Å². The second kappa shape index (κ2) is 7.22. The van der Waals surface area contributed by atoms with Crippen LogP contribution in [0.15, 0.2) is 24.4 Å². The van der Waals surface area contributed by atoms with E-state index in [1.54, 1.807) is 29.7 Å². The van der Waals surface area contributed by atoms with Crippen LogP contribution >= 0.6 is 11.3 Å². The fourth-order valence-corrected chi connectivity index (χ4v) is 2.97. The van der Waals surface area contributed by atoms with Gasteiger partial charge in [0.1, 0.15) is 5.82 Å². The van der Waals surface area contributed by atoms with Crippen LogP contribution in [0.1, 0.15) is 39.0 Å². The summed E-state index contributed by atoms with van der Waals surface area (Å²) in [5, 5.41) is 6.15. The van der Waals surface area contributed by atoms with Gasteiger partial charge in [0.05, 0.1) is 12.1 Å². The number of carbonyl (C=O) groups is 1. The van der Waals surface area contributed by atoms with E-state index in [0.29, 0.717) is 17.9 Å². The van der Waals surface area contributed by atoms with E-state index in [0.717, 1.165) is 13.0 Å². The van der Waals surface area contributed by atoms with Crippen LogP contribution < -0.4 is 10.6 Å². The lowest BCUT2D eigenvalue weighted by atomic mass is 10.2. The topological polar surface area (TPSA) is 54.0 Å². The molecule has 0 saturated heterocycles. The Kier molecular flexibility index (Phi) is 5.33. The summed E-state index contributed by atoms with van der Waals surface area (Å²) in [6, 6.07) is 5.70. The van der Waals surface area contributed by atoms with Gasteiger partial charge in [-0.3, -0.25) is 4.79 Å². The molecule has 2 aromatic heterocycles. The van der Waals surface area contributed by atoms with Gasteiger partial charge in [0.25, 0.3) is 5.91 Å². The maximum Gasteiger partial charge on any atom is 0.255 e.